The fourth-order valence-electron chi connectivity index (χ4n) is 5.03. The zero-order chi connectivity index (χ0) is 25.2. The van der Waals surface area contributed by atoms with E-state index >= 15 is 0 Å². The van der Waals surface area contributed by atoms with Crippen molar-refractivity contribution in [2.75, 3.05) is 18.6 Å². The van der Waals surface area contributed by atoms with Crippen LogP contribution in [0.25, 0.3) is 5.69 Å². The first-order valence-corrected chi connectivity index (χ1v) is 12.5. The van der Waals surface area contributed by atoms with Gasteiger partial charge < -0.3 is 24.3 Å². The van der Waals surface area contributed by atoms with Crippen molar-refractivity contribution >= 4 is 23.0 Å². The lowest BCUT2D eigenvalue weighted by molar-refractivity contribution is 0.340. The summed E-state index contributed by atoms with van der Waals surface area (Å²) in [7, 11) is 1.68. The number of rotatable bonds is 7. The number of nitrogens with one attached hydrogen (secondary N) is 1. The summed E-state index contributed by atoms with van der Waals surface area (Å²) in [5.74, 6) is 1.68. The highest BCUT2D eigenvalue weighted by Crippen LogP contribution is 2.44. The van der Waals surface area contributed by atoms with Crippen molar-refractivity contribution in [1.82, 2.24) is 14.9 Å². The van der Waals surface area contributed by atoms with Gasteiger partial charge in [-0.1, -0.05) is 6.07 Å². The Morgan fingerprint density at radius 1 is 0.944 bits per heavy atom. The first-order chi connectivity index (χ1) is 17.5. The van der Waals surface area contributed by atoms with Gasteiger partial charge in [0.05, 0.1) is 31.5 Å². The van der Waals surface area contributed by atoms with Gasteiger partial charge in [0.2, 0.25) is 0 Å². The van der Waals surface area contributed by atoms with E-state index in [1.54, 1.807) is 7.11 Å². The van der Waals surface area contributed by atoms with E-state index in [0.29, 0.717) is 11.7 Å². The predicted octanol–water partition coefficient (Wildman–Crippen LogP) is 6.07. The standard InChI is InChI=1S/C29H30N4O2S/c1-5-35-24-15-11-22(12-16-24)33-28(27(31-29(33)36)26-8-6-7-17-30-26)25-18-19(2)32(20(25)3)21-9-13-23(34-4)14-10-21/h6-18,27-28H,5H2,1-4H3,(H,31,36)/t27-,28+/m0/s1. The lowest BCUT2D eigenvalue weighted by Crippen LogP contribution is -2.29. The monoisotopic (exact) mass is 498 g/mol. The van der Waals surface area contributed by atoms with Gasteiger partial charge in [-0.25, -0.2) is 0 Å². The molecule has 2 aromatic heterocycles. The third-order valence-electron chi connectivity index (χ3n) is 6.64. The van der Waals surface area contributed by atoms with E-state index in [2.05, 4.69) is 70.0 Å². The minimum absolute atomic E-state index is 0.0801. The van der Waals surface area contributed by atoms with Gasteiger partial charge in [0.1, 0.15) is 11.5 Å². The van der Waals surface area contributed by atoms with Crippen molar-refractivity contribution in [3.05, 3.63) is 102 Å². The van der Waals surface area contributed by atoms with Crippen molar-refractivity contribution in [1.29, 1.82) is 0 Å². The second kappa shape index (κ2) is 10.0. The maximum atomic E-state index is 5.90. The van der Waals surface area contributed by atoms with Crippen LogP contribution in [-0.2, 0) is 0 Å². The number of anilines is 1. The smallest absolute Gasteiger partial charge is 0.174 e. The third kappa shape index (κ3) is 4.31. The lowest BCUT2D eigenvalue weighted by Gasteiger charge is -2.28. The Hall–Kier alpha value is -3.84. The van der Waals surface area contributed by atoms with E-state index < -0.39 is 0 Å². The maximum Gasteiger partial charge on any atom is 0.174 e. The van der Waals surface area contributed by atoms with Gasteiger partial charge in [-0.2, -0.15) is 0 Å². The number of aromatic nitrogens is 2. The molecule has 0 aliphatic carbocycles. The maximum absolute atomic E-state index is 5.90. The molecule has 5 rings (SSSR count). The SMILES string of the molecule is CCOc1ccc(N2C(=S)N[C@@H](c3ccccn3)[C@H]2c2cc(C)n(-c3ccc(OC)cc3)c2C)cc1. The molecule has 1 aliphatic heterocycles. The Morgan fingerprint density at radius 2 is 1.64 bits per heavy atom. The summed E-state index contributed by atoms with van der Waals surface area (Å²) in [6, 6.07) is 24.3. The molecule has 2 atom stereocenters. The first kappa shape index (κ1) is 23.9. The Bertz CT molecular complexity index is 1350. The molecule has 3 heterocycles. The quantitative estimate of drug-likeness (QED) is 0.312. The minimum atomic E-state index is -0.102. The van der Waals surface area contributed by atoms with Gasteiger partial charge in [0.15, 0.2) is 5.11 Å². The van der Waals surface area contributed by atoms with Crippen molar-refractivity contribution in [2.24, 2.45) is 0 Å². The number of thiocarbonyl (C=S) groups is 1. The van der Waals surface area contributed by atoms with E-state index in [9.17, 15) is 0 Å². The van der Waals surface area contributed by atoms with Crippen molar-refractivity contribution < 1.29 is 9.47 Å². The van der Waals surface area contributed by atoms with Gasteiger partial charge in [0.25, 0.3) is 0 Å². The van der Waals surface area contributed by atoms with Crippen molar-refractivity contribution in [3.63, 3.8) is 0 Å². The van der Waals surface area contributed by atoms with Crippen molar-refractivity contribution in [3.8, 4) is 17.2 Å². The third-order valence-corrected chi connectivity index (χ3v) is 6.96. The van der Waals surface area contributed by atoms with Gasteiger partial charge in [-0.15, -0.1) is 0 Å². The van der Waals surface area contributed by atoms with E-state index in [1.165, 1.54) is 5.56 Å². The fraction of sp³-hybridized carbons (Fsp3) is 0.241. The van der Waals surface area contributed by atoms with E-state index in [1.807, 2.05) is 49.5 Å². The first-order valence-electron chi connectivity index (χ1n) is 12.1. The number of benzene rings is 2. The highest BCUT2D eigenvalue weighted by Gasteiger charge is 2.42. The summed E-state index contributed by atoms with van der Waals surface area (Å²) in [6.07, 6.45) is 1.83. The number of hydrogen-bond acceptors (Lipinski definition) is 4. The Balaban J connectivity index is 1.62. The molecule has 1 saturated heterocycles. The molecule has 4 aromatic rings. The fourth-order valence-corrected chi connectivity index (χ4v) is 5.38. The molecule has 0 saturated carbocycles. The molecule has 1 fully saturated rings. The topological polar surface area (TPSA) is 51.5 Å². The number of methoxy groups -OCH3 is 1. The summed E-state index contributed by atoms with van der Waals surface area (Å²) < 4.78 is 13.3. The average Bonchev–Trinajstić information content (AvgIpc) is 3.40. The summed E-state index contributed by atoms with van der Waals surface area (Å²) in [6.45, 7) is 6.92. The zero-order valence-electron chi connectivity index (χ0n) is 20.9. The number of ether oxygens (including phenoxy) is 2. The Kier molecular flexibility index (Phi) is 6.65. The highest BCUT2D eigenvalue weighted by atomic mass is 32.1. The van der Waals surface area contributed by atoms with Crippen molar-refractivity contribution in [2.45, 2.75) is 32.9 Å². The molecule has 0 unspecified atom stereocenters. The Labute approximate surface area is 217 Å². The van der Waals surface area contributed by atoms with Crippen LogP contribution in [0.2, 0.25) is 0 Å². The largest absolute Gasteiger partial charge is 0.497 e. The molecule has 7 heteroatoms. The van der Waals surface area contributed by atoms with Crippen LogP contribution in [0.4, 0.5) is 5.69 Å². The van der Waals surface area contributed by atoms with Crippen LogP contribution in [0.3, 0.4) is 0 Å². The van der Waals surface area contributed by atoms with Crippen LogP contribution in [0.5, 0.6) is 11.5 Å². The average molecular weight is 499 g/mol. The molecule has 184 valence electrons. The lowest BCUT2D eigenvalue weighted by atomic mass is 9.96. The molecule has 1 N–H and O–H groups in total. The molecule has 6 nitrogen and oxygen atoms in total. The van der Waals surface area contributed by atoms with E-state index in [0.717, 1.165) is 40.0 Å². The van der Waals surface area contributed by atoms with Crippen LogP contribution < -0.4 is 19.7 Å². The summed E-state index contributed by atoms with van der Waals surface area (Å²) in [4.78, 5) is 6.88. The normalized spacial score (nSPS) is 17.2. The second-order valence-corrected chi connectivity index (χ2v) is 9.17. The van der Waals surface area contributed by atoms with Gasteiger partial charge >= 0.3 is 0 Å². The molecular formula is C29H30N4O2S. The summed E-state index contributed by atoms with van der Waals surface area (Å²) >= 11 is 5.90. The molecule has 1 aliphatic rings. The van der Waals surface area contributed by atoms with Crippen LogP contribution >= 0.6 is 12.2 Å². The van der Waals surface area contributed by atoms with Crippen LogP contribution in [0.15, 0.2) is 79.0 Å². The van der Waals surface area contributed by atoms with Crippen LogP contribution in [-0.4, -0.2) is 28.4 Å². The molecule has 0 amide bonds. The predicted molar refractivity (Wildman–Crippen MR) is 147 cm³/mol. The molecular weight excluding hydrogens is 468 g/mol. The molecule has 0 bridgehead atoms. The molecule has 36 heavy (non-hydrogen) atoms. The van der Waals surface area contributed by atoms with Gasteiger partial charge in [0, 0.05) is 29.0 Å². The van der Waals surface area contributed by atoms with E-state index in [4.69, 9.17) is 21.7 Å². The number of aryl methyl sites for hydroxylation is 1. The van der Waals surface area contributed by atoms with Gasteiger partial charge in [-0.3, -0.25) is 4.98 Å². The van der Waals surface area contributed by atoms with Gasteiger partial charge in [-0.05, 0) is 105 Å². The molecule has 2 aromatic carbocycles. The number of pyridine rings is 1. The van der Waals surface area contributed by atoms with E-state index in [-0.39, 0.29) is 12.1 Å². The number of nitrogens with zero attached hydrogens (tertiary/aromatic N) is 3. The summed E-state index contributed by atoms with van der Waals surface area (Å²) in [5, 5.41) is 4.23. The summed E-state index contributed by atoms with van der Waals surface area (Å²) in [5.41, 5.74) is 6.55. The van der Waals surface area contributed by atoms with Crippen LogP contribution in [0.1, 0.15) is 41.7 Å². The second-order valence-electron chi connectivity index (χ2n) is 8.78. The van der Waals surface area contributed by atoms with Crippen LogP contribution in [0, 0.1) is 13.8 Å². The number of hydrogen-bond donors (Lipinski definition) is 1. The zero-order valence-corrected chi connectivity index (χ0v) is 21.8. The molecule has 0 radical (unpaired) electrons. The molecule has 0 spiro atoms. The highest BCUT2D eigenvalue weighted by molar-refractivity contribution is 7.80. The Morgan fingerprint density at radius 3 is 2.28 bits per heavy atom. The minimum Gasteiger partial charge on any atom is -0.497 e.